The lowest BCUT2D eigenvalue weighted by Gasteiger charge is -2.32. The lowest BCUT2D eigenvalue weighted by Crippen LogP contribution is -2.39. The van der Waals surface area contributed by atoms with Crippen LogP contribution in [0.15, 0.2) is 12.7 Å². The molecule has 1 spiro atoms. The molecule has 2 aliphatic rings. The lowest BCUT2D eigenvalue weighted by molar-refractivity contribution is -0.200. The molecule has 3 nitrogen and oxygen atoms in total. The molecule has 0 radical (unpaired) electrons. The van der Waals surface area contributed by atoms with Gasteiger partial charge in [-0.05, 0) is 19.8 Å². The maximum Gasteiger partial charge on any atom is 0.169 e. The van der Waals surface area contributed by atoms with Crippen molar-refractivity contribution in [2.75, 3.05) is 0 Å². The van der Waals surface area contributed by atoms with Crippen LogP contribution in [0, 0.1) is 5.92 Å². The molecule has 3 heteroatoms. The summed E-state index contributed by atoms with van der Waals surface area (Å²) in [6.45, 7) is 7.68. The van der Waals surface area contributed by atoms with E-state index in [1.807, 2.05) is 13.8 Å². The van der Waals surface area contributed by atoms with E-state index in [4.69, 9.17) is 9.47 Å². The van der Waals surface area contributed by atoms with Crippen LogP contribution in [0.2, 0.25) is 0 Å². The van der Waals surface area contributed by atoms with E-state index in [1.54, 1.807) is 6.08 Å². The molecule has 1 aliphatic heterocycles. The summed E-state index contributed by atoms with van der Waals surface area (Å²) < 4.78 is 12.1. The fourth-order valence-corrected chi connectivity index (χ4v) is 2.89. The molecule has 2 fully saturated rings. The van der Waals surface area contributed by atoms with Gasteiger partial charge >= 0.3 is 0 Å². The molecule has 1 saturated heterocycles. The van der Waals surface area contributed by atoms with Gasteiger partial charge in [0, 0.05) is 18.8 Å². The van der Waals surface area contributed by atoms with E-state index in [9.17, 15) is 5.11 Å². The quantitative estimate of drug-likeness (QED) is 0.771. The molecule has 1 N–H and O–H groups in total. The van der Waals surface area contributed by atoms with Crippen molar-refractivity contribution in [1.82, 2.24) is 0 Å². The largest absolute Gasteiger partial charge is 0.390 e. The zero-order chi connectivity index (χ0) is 12.5. The minimum Gasteiger partial charge on any atom is -0.390 e. The van der Waals surface area contributed by atoms with Crippen LogP contribution in [-0.2, 0) is 9.47 Å². The van der Waals surface area contributed by atoms with Gasteiger partial charge in [0.2, 0.25) is 0 Å². The monoisotopic (exact) mass is 240 g/mol. The average Bonchev–Trinajstić information content (AvgIpc) is 2.65. The highest BCUT2D eigenvalue weighted by Crippen LogP contribution is 2.41. The van der Waals surface area contributed by atoms with Crippen molar-refractivity contribution in [3.05, 3.63) is 12.7 Å². The second-order valence-corrected chi connectivity index (χ2v) is 5.46. The van der Waals surface area contributed by atoms with Crippen LogP contribution in [0.3, 0.4) is 0 Å². The number of aliphatic hydroxyl groups is 1. The Morgan fingerprint density at radius 2 is 1.94 bits per heavy atom. The third-order valence-electron chi connectivity index (χ3n) is 4.08. The number of aliphatic hydroxyl groups excluding tert-OH is 1. The highest BCUT2D eigenvalue weighted by molar-refractivity contribution is 4.94. The Kier molecular flexibility index (Phi) is 3.91. The van der Waals surface area contributed by atoms with Gasteiger partial charge in [0.25, 0.3) is 0 Å². The van der Waals surface area contributed by atoms with Gasteiger partial charge < -0.3 is 14.6 Å². The molecule has 0 amide bonds. The maximum atomic E-state index is 10.2. The van der Waals surface area contributed by atoms with Crippen molar-refractivity contribution in [3.8, 4) is 0 Å². The van der Waals surface area contributed by atoms with E-state index < -0.39 is 11.9 Å². The molecule has 0 aromatic heterocycles. The van der Waals surface area contributed by atoms with E-state index in [0.717, 1.165) is 25.7 Å². The number of hydrogen-bond donors (Lipinski definition) is 1. The first-order valence-corrected chi connectivity index (χ1v) is 6.74. The maximum absolute atomic E-state index is 10.2. The van der Waals surface area contributed by atoms with Gasteiger partial charge in [-0.3, -0.25) is 0 Å². The predicted molar refractivity (Wildman–Crippen MR) is 66.6 cm³/mol. The summed E-state index contributed by atoms with van der Waals surface area (Å²) in [4.78, 5) is 0. The Hall–Kier alpha value is -0.380. The summed E-state index contributed by atoms with van der Waals surface area (Å²) in [5.41, 5.74) is 0. The van der Waals surface area contributed by atoms with E-state index in [2.05, 4.69) is 6.58 Å². The van der Waals surface area contributed by atoms with Crippen molar-refractivity contribution < 1.29 is 14.6 Å². The predicted octanol–water partition coefficient (Wildman–Crippen LogP) is 2.63. The Labute approximate surface area is 104 Å². The Morgan fingerprint density at radius 1 is 1.29 bits per heavy atom. The first kappa shape index (κ1) is 13.1. The number of rotatable bonds is 3. The summed E-state index contributed by atoms with van der Waals surface area (Å²) in [6.07, 6.45) is 6.49. The third kappa shape index (κ3) is 2.56. The van der Waals surface area contributed by atoms with E-state index in [-0.39, 0.29) is 18.1 Å². The normalized spacial score (nSPS) is 35.7. The number of ether oxygens (including phenoxy) is 2. The molecular weight excluding hydrogens is 216 g/mol. The Morgan fingerprint density at radius 3 is 2.53 bits per heavy atom. The summed E-state index contributed by atoms with van der Waals surface area (Å²) in [7, 11) is 0. The van der Waals surface area contributed by atoms with Crippen LogP contribution < -0.4 is 0 Å². The molecule has 2 rings (SSSR count). The molecular formula is C14H24O3. The summed E-state index contributed by atoms with van der Waals surface area (Å²) in [5, 5.41) is 10.2. The van der Waals surface area contributed by atoms with Crippen molar-refractivity contribution in [2.45, 2.75) is 70.1 Å². The first-order valence-electron chi connectivity index (χ1n) is 6.74. The highest BCUT2D eigenvalue weighted by Gasteiger charge is 2.49. The number of hydrogen-bond acceptors (Lipinski definition) is 3. The fraction of sp³-hybridized carbons (Fsp3) is 0.857. The molecule has 98 valence electrons. The zero-order valence-corrected chi connectivity index (χ0v) is 10.9. The van der Waals surface area contributed by atoms with E-state index in [0.29, 0.717) is 0 Å². The van der Waals surface area contributed by atoms with Gasteiger partial charge in [0.05, 0.1) is 12.2 Å². The molecule has 17 heavy (non-hydrogen) atoms. The van der Waals surface area contributed by atoms with Crippen LogP contribution in [0.5, 0.6) is 0 Å². The van der Waals surface area contributed by atoms with Crippen molar-refractivity contribution >= 4 is 0 Å². The van der Waals surface area contributed by atoms with E-state index in [1.165, 1.54) is 6.42 Å². The average molecular weight is 240 g/mol. The van der Waals surface area contributed by atoms with Gasteiger partial charge in [-0.15, -0.1) is 6.58 Å². The molecule has 1 saturated carbocycles. The van der Waals surface area contributed by atoms with Gasteiger partial charge in [-0.2, -0.15) is 0 Å². The smallest absolute Gasteiger partial charge is 0.169 e. The standard InChI is InChI=1S/C14H24O3/c1-4-10(2)12(15)13-11(3)16-14(17-13)8-6-5-7-9-14/h4,10-13,15H,1,5-9H2,2-3H3/t10-,11+,12-,13-/m0/s1. The third-order valence-corrected chi connectivity index (χ3v) is 4.08. The first-order chi connectivity index (χ1) is 8.08. The van der Waals surface area contributed by atoms with Gasteiger partial charge in [-0.1, -0.05) is 19.4 Å². The zero-order valence-electron chi connectivity index (χ0n) is 10.9. The van der Waals surface area contributed by atoms with Crippen LogP contribution in [0.4, 0.5) is 0 Å². The SMILES string of the molecule is C=C[C@H](C)[C@H](O)[C@H]1OC2(CCCCC2)O[C@@H]1C. The van der Waals surface area contributed by atoms with Crippen molar-refractivity contribution in [2.24, 2.45) is 5.92 Å². The van der Waals surface area contributed by atoms with Crippen LogP contribution >= 0.6 is 0 Å². The lowest BCUT2D eigenvalue weighted by atomic mass is 9.94. The van der Waals surface area contributed by atoms with Crippen LogP contribution in [-0.4, -0.2) is 29.2 Å². The molecule has 0 unspecified atom stereocenters. The molecule has 4 atom stereocenters. The minimum atomic E-state index is -0.524. The molecule has 0 aromatic rings. The van der Waals surface area contributed by atoms with Crippen LogP contribution in [0.25, 0.3) is 0 Å². The minimum absolute atomic E-state index is 0.0322. The van der Waals surface area contributed by atoms with Gasteiger partial charge in [0.15, 0.2) is 5.79 Å². The van der Waals surface area contributed by atoms with Gasteiger partial charge in [-0.25, -0.2) is 0 Å². The molecule has 0 bridgehead atoms. The van der Waals surface area contributed by atoms with Crippen molar-refractivity contribution in [1.29, 1.82) is 0 Å². The highest BCUT2D eigenvalue weighted by atomic mass is 16.8. The van der Waals surface area contributed by atoms with Crippen molar-refractivity contribution in [3.63, 3.8) is 0 Å². The molecule has 0 aromatic carbocycles. The summed E-state index contributed by atoms with van der Waals surface area (Å²) >= 11 is 0. The second kappa shape index (κ2) is 5.09. The fourth-order valence-electron chi connectivity index (χ4n) is 2.89. The van der Waals surface area contributed by atoms with Crippen LogP contribution in [0.1, 0.15) is 46.0 Å². The molecule has 1 heterocycles. The summed E-state index contributed by atoms with van der Waals surface area (Å²) in [6, 6.07) is 0. The topological polar surface area (TPSA) is 38.7 Å². The molecule has 1 aliphatic carbocycles. The van der Waals surface area contributed by atoms with Gasteiger partial charge in [0.1, 0.15) is 6.10 Å². The second-order valence-electron chi connectivity index (χ2n) is 5.46. The summed E-state index contributed by atoms with van der Waals surface area (Å²) in [5.74, 6) is -0.380. The van der Waals surface area contributed by atoms with E-state index >= 15 is 0 Å². The Balaban J connectivity index is 2.03. The Bertz CT molecular complexity index is 271.